The van der Waals surface area contributed by atoms with Crippen LogP contribution in [0.1, 0.15) is 22.1 Å². The molecule has 1 saturated heterocycles. The molecule has 1 amide bonds. The first-order chi connectivity index (χ1) is 14.0. The Bertz CT molecular complexity index is 1060. The zero-order valence-corrected chi connectivity index (χ0v) is 16.8. The molecule has 29 heavy (non-hydrogen) atoms. The monoisotopic (exact) mass is 394 g/mol. The van der Waals surface area contributed by atoms with Gasteiger partial charge in [0, 0.05) is 57.0 Å². The minimum atomic E-state index is -0.615. The smallest absolute Gasteiger partial charge is 0.349 e. The average molecular weight is 394 g/mol. The van der Waals surface area contributed by atoms with E-state index in [4.69, 9.17) is 4.42 Å². The van der Waals surface area contributed by atoms with Crippen molar-refractivity contribution in [2.45, 2.75) is 6.04 Å². The number of rotatable bonds is 5. The minimum absolute atomic E-state index is 0.0349. The number of amides is 1. The van der Waals surface area contributed by atoms with Crippen molar-refractivity contribution < 1.29 is 9.21 Å². The quantitative estimate of drug-likeness (QED) is 0.669. The van der Waals surface area contributed by atoms with Crippen molar-refractivity contribution in [2.75, 3.05) is 39.8 Å². The SMILES string of the molecule is CN1CCN([C@@H](CNC(=O)c2cc3ccccc3oc2=O)c2cccn2C)CC1. The first kappa shape index (κ1) is 19.4. The molecule has 0 unspecified atom stereocenters. The topological polar surface area (TPSA) is 70.7 Å². The van der Waals surface area contributed by atoms with Gasteiger partial charge in [-0.3, -0.25) is 9.69 Å². The molecule has 4 rings (SSSR count). The second-order valence-electron chi connectivity index (χ2n) is 7.59. The highest BCUT2D eigenvalue weighted by atomic mass is 16.4. The van der Waals surface area contributed by atoms with Gasteiger partial charge in [0.2, 0.25) is 0 Å². The molecule has 2 aromatic heterocycles. The number of nitrogens with one attached hydrogen (secondary N) is 1. The fraction of sp³-hybridized carbons (Fsp3) is 0.364. The summed E-state index contributed by atoms with van der Waals surface area (Å²) in [5, 5.41) is 3.69. The molecule has 1 fully saturated rings. The number of hydrogen-bond donors (Lipinski definition) is 1. The lowest BCUT2D eigenvalue weighted by Gasteiger charge is -2.38. The van der Waals surface area contributed by atoms with E-state index in [1.807, 2.05) is 31.4 Å². The highest BCUT2D eigenvalue weighted by molar-refractivity contribution is 5.96. The van der Waals surface area contributed by atoms with Gasteiger partial charge in [-0.15, -0.1) is 0 Å². The Morgan fingerprint density at radius 3 is 2.59 bits per heavy atom. The van der Waals surface area contributed by atoms with Gasteiger partial charge in [-0.05, 0) is 31.3 Å². The van der Waals surface area contributed by atoms with Crippen molar-refractivity contribution in [1.29, 1.82) is 0 Å². The maximum Gasteiger partial charge on any atom is 0.349 e. The van der Waals surface area contributed by atoms with Crippen LogP contribution < -0.4 is 10.9 Å². The maximum absolute atomic E-state index is 12.8. The number of carbonyl (C=O) groups is 1. The minimum Gasteiger partial charge on any atom is -0.422 e. The van der Waals surface area contributed by atoms with Gasteiger partial charge >= 0.3 is 5.63 Å². The van der Waals surface area contributed by atoms with E-state index in [2.05, 4.69) is 32.8 Å². The lowest BCUT2D eigenvalue weighted by Crippen LogP contribution is -2.49. The number of para-hydroxylation sites is 1. The van der Waals surface area contributed by atoms with Gasteiger partial charge < -0.3 is 19.2 Å². The van der Waals surface area contributed by atoms with Crippen molar-refractivity contribution in [3.05, 3.63) is 70.3 Å². The second-order valence-corrected chi connectivity index (χ2v) is 7.59. The normalized spacial score (nSPS) is 16.8. The van der Waals surface area contributed by atoms with Gasteiger partial charge in [0.1, 0.15) is 11.1 Å². The molecule has 1 aliphatic heterocycles. The summed E-state index contributed by atoms with van der Waals surface area (Å²) >= 11 is 0. The van der Waals surface area contributed by atoms with Gasteiger partial charge in [-0.2, -0.15) is 0 Å². The third-order valence-electron chi connectivity index (χ3n) is 5.65. The number of hydrogen-bond acceptors (Lipinski definition) is 5. The van der Waals surface area contributed by atoms with Crippen LogP contribution in [0.5, 0.6) is 0 Å². The van der Waals surface area contributed by atoms with E-state index in [9.17, 15) is 9.59 Å². The summed E-state index contributed by atoms with van der Waals surface area (Å²) in [6.07, 6.45) is 2.01. The molecule has 3 heterocycles. The molecule has 0 radical (unpaired) electrons. The summed E-state index contributed by atoms with van der Waals surface area (Å²) in [4.78, 5) is 29.8. The highest BCUT2D eigenvalue weighted by Crippen LogP contribution is 2.22. The molecule has 0 saturated carbocycles. The van der Waals surface area contributed by atoms with Crippen molar-refractivity contribution in [2.24, 2.45) is 7.05 Å². The van der Waals surface area contributed by atoms with Gasteiger partial charge in [0.15, 0.2) is 0 Å². The summed E-state index contributed by atoms with van der Waals surface area (Å²) in [5.41, 5.74) is 1.04. The van der Waals surface area contributed by atoms with E-state index in [-0.39, 0.29) is 11.6 Å². The van der Waals surface area contributed by atoms with Crippen LogP contribution in [0.3, 0.4) is 0 Å². The Labute approximate surface area is 169 Å². The van der Waals surface area contributed by atoms with Crippen LogP contribution in [0, 0.1) is 0 Å². The predicted octanol–water partition coefficient (Wildman–Crippen LogP) is 1.85. The molecule has 0 bridgehead atoms. The van der Waals surface area contributed by atoms with Crippen molar-refractivity contribution in [3.63, 3.8) is 0 Å². The van der Waals surface area contributed by atoms with Crippen LogP contribution in [0.25, 0.3) is 11.0 Å². The molecule has 7 nitrogen and oxygen atoms in total. The molecule has 152 valence electrons. The average Bonchev–Trinajstić information content (AvgIpc) is 3.14. The molecule has 7 heteroatoms. The fourth-order valence-electron chi connectivity index (χ4n) is 3.88. The van der Waals surface area contributed by atoms with Crippen LogP contribution in [0.2, 0.25) is 0 Å². The number of likely N-dealkylation sites (N-methyl/N-ethyl adjacent to an activating group) is 1. The Morgan fingerprint density at radius 1 is 1.10 bits per heavy atom. The second kappa shape index (κ2) is 8.23. The highest BCUT2D eigenvalue weighted by Gasteiger charge is 2.26. The van der Waals surface area contributed by atoms with E-state index in [1.165, 1.54) is 0 Å². The van der Waals surface area contributed by atoms with Crippen molar-refractivity contribution >= 4 is 16.9 Å². The Kier molecular flexibility index (Phi) is 5.51. The lowest BCUT2D eigenvalue weighted by atomic mass is 10.1. The summed E-state index contributed by atoms with van der Waals surface area (Å²) < 4.78 is 7.39. The Morgan fingerprint density at radius 2 is 1.86 bits per heavy atom. The number of benzene rings is 1. The fourth-order valence-corrected chi connectivity index (χ4v) is 3.88. The number of nitrogens with zero attached hydrogens (tertiary/aromatic N) is 3. The van der Waals surface area contributed by atoms with Crippen molar-refractivity contribution in [3.8, 4) is 0 Å². The summed E-state index contributed by atoms with van der Waals surface area (Å²) in [7, 11) is 4.13. The standard InChI is InChI=1S/C22H26N4O3/c1-24-10-12-26(13-11-24)19(18-7-5-9-25(18)2)15-23-21(27)17-14-16-6-3-4-8-20(16)29-22(17)28/h3-9,14,19H,10-13,15H2,1-2H3,(H,23,27)/t19-/m0/s1. The Balaban J connectivity index is 1.54. The van der Waals surface area contributed by atoms with Crippen LogP contribution in [-0.4, -0.2) is 60.0 Å². The molecule has 0 spiro atoms. The lowest BCUT2D eigenvalue weighted by molar-refractivity contribution is 0.0874. The zero-order chi connectivity index (χ0) is 20.4. The van der Waals surface area contributed by atoms with Gasteiger partial charge in [0.05, 0.1) is 6.04 Å². The number of piperazine rings is 1. The molecular formula is C22H26N4O3. The van der Waals surface area contributed by atoms with Gasteiger partial charge in [-0.25, -0.2) is 4.79 Å². The first-order valence-corrected chi connectivity index (χ1v) is 9.88. The van der Waals surface area contributed by atoms with Crippen LogP contribution in [-0.2, 0) is 7.05 Å². The van der Waals surface area contributed by atoms with E-state index >= 15 is 0 Å². The molecule has 1 atom stereocenters. The van der Waals surface area contributed by atoms with Crippen LogP contribution >= 0.6 is 0 Å². The third kappa shape index (κ3) is 4.11. The third-order valence-corrected chi connectivity index (χ3v) is 5.65. The molecule has 1 N–H and O–H groups in total. The van der Waals surface area contributed by atoms with Crippen LogP contribution in [0.15, 0.2) is 57.9 Å². The predicted molar refractivity (Wildman–Crippen MR) is 112 cm³/mol. The van der Waals surface area contributed by atoms with Crippen LogP contribution in [0.4, 0.5) is 0 Å². The molecular weight excluding hydrogens is 368 g/mol. The molecule has 0 aliphatic carbocycles. The van der Waals surface area contributed by atoms with Gasteiger partial charge in [0.25, 0.3) is 5.91 Å². The van der Waals surface area contributed by atoms with E-state index in [0.717, 1.165) is 37.3 Å². The van der Waals surface area contributed by atoms with Gasteiger partial charge in [-0.1, -0.05) is 18.2 Å². The summed E-state index contributed by atoms with van der Waals surface area (Å²) in [6.45, 7) is 4.26. The molecule has 1 aliphatic rings. The largest absolute Gasteiger partial charge is 0.422 e. The first-order valence-electron chi connectivity index (χ1n) is 9.88. The Hall–Kier alpha value is -2.90. The van der Waals surface area contributed by atoms with E-state index < -0.39 is 11.5 Å². The number of aromatic nitrogens is 1. The zero-order valence-electron chi connectivity index (χ0n) is 16.8. The number of carbonyl (C=O) groups excluding carboxylic acids is 1. The van der Waals surface area contributed by atoms with E-state index in [0.29, 0.717) is 12.1 Å². The number of aryl methyl sites for hydroxylation is 1. The summed E-state index contributed by atoms with van der Waals surface area (Å²) in [5.74, 6) is -0.405. The molecule has 1 aromatic carbocycles. The summed E-state index contributed by atoms with van der Waals surface area (Å²) in [6, 6.07) is 12.9. The maximum atomic E-state index is 12.8. The van der Waals surface area contributed by atoms with Crippen molar-refractivity contribution in [1.82, 2.24) is 19.7 Å². The van der Waals surface area contributed by atoms with E-state index in [1.54, 1.807) is 18.2 Å². The molecule has 3 aromatic rings. The number of fused-ring (bicyclic) bond motifs is 1.